The molecule has 6 nitrogen and oxygen atoms in total. The van der Waals surface area contributed by atoms with E-state index in [9.17, 15) is 9.59 Å². The van der Waals surface area contributed by atoms with Crippen LogP contribution in [0.1, 0.15) is 52.9 Å². The van der Waals surface area contributed by atoms with Gasteiger partial charge in [-0.25, -0.2) is 4.79 Å². The Balaban J connectivity index is 1.79. The van der Waals surface area contributed by atoms with Gasteiger partial charge in [0, 0.05) is 26.2 Å². The second-order valence-corrected chi connectivity index (χ2v) is 7.68. The summed E-state index contributed by atoms with van der Waals surface area (Å²) in [7, 11) is 0. The lowest BCUT2D eigenvalue weighted by molar-refractivity contribution is -0.122. The number of hydrogen-bond donors (Lipinski definition) is 2. The van der Waals surface area contributed by atoms with Crippen molar-refractivity contribution in [2.45, 2.75) is 64.5 Å². The molecule has 0 aromatic carbocycles. The summed E-state index contributed by atoms with van der Waals surface area (Å²) in [6.45, 7) is 8.69. The molecule has 2 amide bonds. The summed E-state index contributed by atoms with van der Waals surface area (Å²) in [5.74, 6) is 0.495. The van der Waals surface area contributed by atoms with Crippen molar-refractivity contribution in [3.8, 4) is 0 Å². The lowest BCUT2D eigenvalue weighted by atomic mass is 9.97. The van der Waals surface area contributed by atoms with Gasteiger partial charge in [0.25, 0.3) is 0 Å². The Bertz CT molecular complexity index is 420. The molecule has 0 aliphatic carbocycles. The molecule has 2 saturated heterocycles. The SMILES string of the molecule is CC(C)(C)OC(=O)N1CCC[C@H](CN[C@H]2CCCCNC2=O)C1. The summed E-state index contributed by atoms with van der Waals surface area (Å²) in [6.07, 6.45) is 4.87. The fourth-order valence-corrected chi connectivity index (χ4v) is 3.17. The number of piperidine rings is 1. The Morgan fingerprint density at radius 3 is 2.83 bits per heavy atom. The van der Waals surface area contributed by atoms with Crippen LogP contribution < -0.4 is 10.6 Å². The lowest BCUT2D eigenvalue weighted by Crippen LogP contribution is -2.48. The Kier molecular flexibility index (Phi) is 6.27. The van der Waals surface area contributed by atoms with Gasteiger partial charge in [0.2, 0.25) is 5.91 Å². The number of nitrogens with zero attached hydrogens (tertiary/aromatic N) is 1. The van der Waals surface area contributed by atoms with Gasteiger partial charge < -0.3 is 20.3 Å². The van der Waals surface area contributed by atoms with E-state index in [4.69, 9.17) is 4.74 Å². The molecular weight excluding hydrogens is 294 g/mol. The van der Waals surface area contributed by atoms with Crippen LogP contribution in [0.3, 0.4) is 0 Å². The second-order valence-electron chi connectivity index (χ2n) is 7.68. The van der Waals surface area contributed by atoms with Gasteiger partial charge in [-0.3, -0.25) is 4.79 Å². The Morgan fingerprint density at radius 1 is 1.30 bits per heavy atom. The zero-order valence-electron chi connectivity index (χ0n) is 14.7. The molecule has 0 aromatic rings. The maximum Gasteiger partial charge on any atom is 0.410 e. The van der Waals surface area contributed by atoms with Gasteiger partial charge >= 0.3 is 6.09 Å². The fraction of sp³-hybridized carbons (Fsp3) is 0.882. The molecule has 2 fully saturated rings. The van der Waals surface area contributed by atoms with Crippen molar-refractivity contribution in [1.82, 2.24) is 15.5 Å². The predicted molar refractivity (Wildman–Crippen MR) is 89.2 cm³/mol. The van der Waals surface area contributed by atoms with Gasteiger partial charge in [-0.1, -0.05) is 0 Å². The molecule has 0 bridgehead atoms. The minimum absolute atomic E-state index is 0.0885. The predicted octanol–water partition coefficient (Wildman–Crippen LogP) is 1.89. The molecule has 0 spiro atoms. The summed E-state index contributed by atoms with van der Waals surface area (Å²) >= 11 is 0. The molecule has 2 aliphatic rings. The van der Waals surface area contributed by atoms with Gasteiger partial charge in [-0.2, -0.15) is 0 Å². The number of amides is 2. The van der Waals surface area contributed by atoms with E-state index in [1.54, 1.807) is 4.90 Å². The topological polar surface area (TPSA) is 70.7 Å². The number of ether oxygens (including phenoxy) is 1. The first-order valence-corrected chi connectivity index (χ1v) is 8.84. The zero-order chi connectivity index (χ0) is 16.9. The average molecular weight is 325 g/mol. The number of carbonyl (C=O) groups excluding carboxylic acids is 2. The maximum absolute atomic E-state index is 12.2. The first-order chi connectivity index (χ1) is 10.8. The molecule has 2 heterocycles. The van der Waals surface area contributed by atoms with Crippen molar-refractivity contribution in [2.75, 3.05) is 26.2 Å². The van der Waals surface area contributed by atoms with Gasteiger partial charge in [0.15, 0.2) is 0 Å². The van der Waals surface area contributed by atoms with Crippen LogP contribution in [0.2, 0.25) is 0 Å². The molecule has 23 heavy (non-hydrogen) atoms. The maximum atomic E-state index is 12.2. The summed E-state index contributed by atoms with van der Waals surface area (Å²) in [5, 5.41) is 6.35. The van der Waals surface area contributed by atoms with E-state index < -0.39 is 5.60 Å². The highest BCUT2D eigenvalue weighted by Crippen LogP contribution is 2.19. The van der Waals surface area contributed by atoms with Gasteiger partial charge in [0.1, 0.15) is 5.60 Å². The molecule has 0 radical (unpaired) electrons. The smallest absolute Gasteiger partial charge is 0.410 e. The van der Waals surface area contributed by atoms with Crippen molar-refractivity contribution in [3.63, 3.8) is 0 Å². The van der Waals surface area contributed by atoms with Crippen LogP contribution in [-0.2, 0) is 9.53 Å². The second kappa shape index (κ2) is 7.99. The molecule has 0 unspecified atom stereocenters. The third-order valence-corrected chi connectivity index (χ3v) is 4.36. The average Bonchev–Trinajstić information content (AvgIpc) is 2.68. The fourth-order valence-electron chi connectivity index (χ4n) is 3.17. The van der Waals surface area contributed by atoms with Crippen molar-refractivity contribution in [3.05, 3.63) is 0 Å². The molecule has 2 atom stereocenters. The Hall–Kier alpha value is -1.30. The number of rotatable bonds is 3. The van der Waals surface area contributed by atoms with E-state index in [2.05, 4.69) is 10.6 Å². The van der Waals surface area contributed by atoms with Gasteiger partial charge in [-0.05, 0) is 58.8 Å². The lowest BCUT2D eigenvalue weighted by Gasteiger charge is -2.34. The number of hydrogen-bond acceptors (Lipinski definition) is 4. The third kappa shape index (κ3) is 6.01. The highest BCUT2D eigenvalue weighted by molar-refractivity contribution is 5.81. The van der Waals surface area contributed by atoms with Crippen LogP contribution >= 0.6 is 0 Å². The minimum atomic E-state index is -0.458. The van der Waals surface area contributed by atoms with E-state index in [-0.39, 0.29) is 18.0 Å². The van der Waals surface area contributed by atoms with Crippen molar-refractivity contribution in [1.29, 1.82) is 0 Å². The molecule has 2 N–H and O–H groups in total. The Morgan fingerprint density at radius 2 is 2.09 bits per heavy atom. The van der Waals surface area contributed by atoms with E-state index in [1.165, 1.54) is 0 Å². The quantitative estimate of drug-likeness (QED) is 0.831. The van der Waals surface area contributed by atoms with Crippen molar-refractivity contribution in [2.24, 2.45) is 5.92 Å². The van der Waals surface area contributed by atoms with E-state index >= 15 is 0 Å². The molecule has 0 aromatic heterocycles. The van der Waals surface area contributed by atoms with Gasteiger partial charge in [0.05, 0.1) is 6.04 Å². The highest BCUT2D eigenvalue weighted by Gasteiger charge is 2.28. The summed E-state index contributed by atoms with van der Waals surface area (Å²) in [4.78, 5) is 25.9. The number of carbonyl (C=O) groups is 2. The van der Waals surface area contributed by atoms with Crippen molar-refractivity contribution >= 4 is 12.0 Å². The van der Waals surface area contributed by atoms with Crippen LogP contribution in [0.25, 0.3) is 0 Å². The molecular formula is C17H31N3O3. The molecule has 2 aliphatic heterocycles. The third-order valence-electron chi connectivity index (χ3n) is 4.36. The van der Waals surface area contributed by atoms with Gasteiger partial charge in [-0.15, -0.1) is 0 Å². The van der Waals surface area contributed by atoms with Crippen LogP contribution in [0.5, 0.6) is 0 Å². The molecule has 0 saturated carbocycles. The zero-order valence-corrected chi connectivity index (χ0v) is 14.7. The largest absolute Gasteiger partial charge is 0.444 e. The van der Waals surface area contributed by atoms with E-state index in [0.29, 0.717) is 12.5 Å². The normalized spacial score (nSPS) is 26.4. The first kappa shape index (κ1) is 18.0. The molecule has 132 valence electrons. The van der Waals surface area contributed by atoms with Crippen LogP contribution in [0.4, 0.5) is 4.79 Å². The summed E-state index contributed by atoms with van der Waals surface area (Å²) in [6, 6.07) is -0.0885. The Labute approximate surface area is 139 Å². The van der Waals surface area contributed by atoms with Crippen LogP contribution in [0.15, 0.2) is 0 Å². The van der Waals surface area contributed by atoms with Crippen LogP contribution in [-0.4, -0.2) is 54.7 Å². The molecule has 2 rings (SSSR count). The van der Waals surface area contributed by atoms with Crippen LogP contribution in [0, 0.1) is 5.92 Å². The summed E-state index contributed by atoms with van der Waals surface area (Å²) < 4.78 is 5.46. The number of likely N-dealkylation sites (tertiary alicyclic amines) is 1. The number of nitrogens with one attached hydrogen (secondary N) is 2. The van der Waals surface area contributed by atoms with Crippen molar-refractivity contribution < 1.29 is 14.3 Å². The van der Waals surface area contributed by atoms with E-state index in [0.717, 1.165) is 51.7 Å². The highest BCUT2D eigenvalue weighted by atomic mass is 16.6. The molecule has 6 heteroatoms. The first-order valence-electron chi connectivity index (χ1n) is 8.84. The monoisotopic (exact) mass is 325 g/mol. The van der Waals surface area contributed by atoms with E-state index in [1.807, 2.05) is 20.8 Å². The standard InChI is InChI=1S/C17H31N3O3/c1-17(2,3)23-16(22)20-10-6-7-13(12-20)11-19-14-8-4-5-9-18-15(14)21/h13-14,19H,4-12H2,1-3H3,(H,18,21)/t13-,14+/m1/s1. The summed E-state index contributed by atoms with van der Waals surface area (Å²) in [5.41, 5.74) is -0.458. The minimum Gasteiger partial charge on any atom is -0.444 e.